The molecule has 2 aromatic carbocycles. The molecule has 0 amide bonds. The number of rotatable bonds is 4. The van der Waals surface area contributed by atoms with Gasteiger partial charge in [-0.05, 0) is 46.3 Å². The van der Waals surface area contributed by atoms with Crippen molar-refractivity contribution in [3.8, 4) is 0 Å². The Morgan fingerprint density at radius 2 is 1.86 bits per heavy atom. The van der Waals surface area contributed by atoms with Gasteiger partial charge in [0.25, 0.3) is 10.0 Å². The zero-order chi connectivity index (χ0) is 15.6. The van der Waals surface area contributed by atoms with E-state index in [4.69, 9.17) is 16.7 Å². The van der Waals surface area contributed by atoms with Crippen LogP contribution in [0.1, 0.15) is 10.4 Å². The van der Waals surface area contributed by atoms with Gasteiger partial charge in [0.05, 0.1) is 16.3 Å². The molecule has 2 N–H and O–H groups in total. The fourth-order valence-electron chi connectivity index (χ4n) is 1.60. The van der Waals surface area contributed by atoms with Crippen LogP contribution in [0.25, 0.3) is 0 Å². The fraction of sp³-hybridized carbons (Fsp3) is 0. The van der Waals surface area contributed by atoms with E-state index >= 15 is 0 Å². The fourth-order valence-corrected chi connectivity index (χ4v) is 3.99. The number of benzene rings is 2. The van der Waals surface area contributed by atoms with Crippen LogP contribution in [0.3, 0.4) is 0 Å². The van der Waals surface area contributed by atoms with Gasteiger partial charge in [-0.25, -0.2) is 13.2 Å². The van der Waals surface area contributed by atoms with Crippen LogP contribution in [0, 0.1) is 0 Å². The molecule has 0 aliphatic heterocycles. The highest BCUT2D eigenvalue weighted by molar-refractivity contribution is 9.10. The largest absolute Gasteiger partial charge is 0.478 e. The van der Waals surface area contributed by atoms with Crippen LogP contribution < -0.4 is 4.72 Å². The van der Waals surface area contributed by atoms with Crippen molar-refractivity contribution in [2.24, 2.45) is 0 Å². The molecular formula is C13H9BrClNO4S. The summed E-state index contributed by atoms with van der Waals surface area (Å²) in [4.78, 5) is 10.8. The number of hydrogen-bond donors (Lipinski definition) is 2. The number of sulfonamides is 1. The molecule has 2 rings (SSSR count). The molecule has 0 saturated heterocycles. The summed E-state index contributed by atoms with van der Waals surface area (Å²) in [6, 6.07) is 10.1. The number of carbonyl (C=O) groups is 1. The summed E-state index contributed by atoms with van der Waals surface area (Å²) < 4.78 is 27.1. The number of hydrogen-bond acceptors (Lipinski definition) is 3. The van der Waals surface area contributed by atoms with E-state index in [9.17, 15) is 13.2 Å². The van der Waals surface area contributed by atoms with E-state index < -0.39 is 16.0 Å². The van der Waals surface area contributed by atoms with E-state index in [-0.39, 0.29) is 25.6 Å². The van der Waals surface area contributed by atoms with Gasteiger partial charge in [0.2, 0.25) is 0 Å². The van der Waals surface area contributed by atoms with Crippen molar-refractivity contribution in [3.05, 3.63) is 57.5 Å². The molecule has 0 saturated carbocycles. The van der Waals surface area contributed by atoms with Gasteiger partial charge in [-0.1, -0.05) is 23.7 Å². The molecule has 0 unspecified atom stereocenters. The lowest BCUT2D eigenvalue weighted by Gasteiger charge is -2.11. The standard InChI is InChI=1S/C13H9BrClNO4S/c14-9-7-8(13(17)18)5-6-12(9)21(19,20)16-11-4-2-1-3-10(11)15/h1-7,16H,(H,17,18). The molecular weight excluding hydrogens is 382 g/mol. The maximum absolute atomic E-state index is 12.3. The minimum Gasteiger partial charge on any atom is -0.478 e. The summed E-state index contributed by atoms with van der Waals surface area (Å²) in [5.74, 6) is -1.14. The first-order chi connectivity index (χ1) is 9.81. The molecule has 0 atom stereocenters. The van der Waals surface area contributed by atoms with Gasteiger partial charge in [-0.15, -0.1) is 0 Å². The van der Waals surface area contributed by atoms with Crippen molar-refractivity contribution in [1.29, 1.82) is 0 Å². The van der Waals surface area contributed by atoms with Crippen molar-refractivity contribution in [2.75, 3.05) is 4.72 Å². The van der Waals surface area contributed by atoms with Crippen LogP contribution in [0.4, 0.5) is 5.69 Å². The van der Waals surface area contributed by atoms with Gasteiger partial charge >= 0.3 is 5.97 Å². The van der Waals surface area contributed by atoms with Gasteiger partial charge in [0.1, 0.15) is 4.90 Å². The summed E-state index contributed by atoms with van der Waals surface area (Å²) in [5.41, 5.74) is 0.229. The molecule has 0 aromatic heterocycles. The lowest BCUT2D eigenvalue weighted by Crippen LogP contribution is -2.14. The van der Waals surface area contributed by atoms with Crippen molar-refractivity contribution >= 4 is 49.2 Å². The second-order valence-corrected chi connectivity index (χ2v) is 6.95. The SMILES string of the molecule is O=C(O)c1ccc(S(=O)(=O)Nc2ccccc2Cl)c(Br)c1. The summed E-state index contributed by atoms with van der Waals surface area (Å²) in [7, 11) is -3.88. The van der Waals surface area contributed by atoms with Gasteiger partial charge < -0.3 is 5.11 Å². The van der Waals surface area contributed by atoms with E-state index in [1.54, 1.807) is 18.2 Å². The molecule has 8 heteroatoms. The minimum atomic E-state index is -3.88. The normalized spacial score (nSPS) is 11.1. The molecule has 21 heavy (non-hydrogen) atoms. The second-order valence-electron chi connectivity index (χ2n) is 4.04. The number of carboxylic acid groups (broad SMARTS) is 1. The van der Waals surface area contributed by atoms with Gasteiger partial charge in [-0.3, -0.25) is 4.72 Å². The van der Waals surface area contributed by atoms with Crippen molar-refractivity contribution < 1.29 is 18.3 Å². The first-order valence-electron chi connectivity index (χ1n) is 5.61. The number of para-hydroxylation sites is 1. The first kappa shape index (κ1) is 15.8. The zero-order valence-electron chi connectivity index (χ0n) is 10.4. The predicted molar refractivity (Wildman–Crippen MR) is 83.4 cm³/mol. The second kappa shape index (κ2) is 6.05. The van der Waals surface area contributed by atoms with Crippen LogP contribution in [0.15, 0.2) is 51.8 Å². The number of carboxylic acids is 1. The van der Waals surface area contributed by atoms with E-state index in [2.05, 4.69) is 20.7 Å². The predicted octanol–water partition coefficient (Wildman–Crippen LogP) is 3.60. The van der Waals surface area contributed by atoms with E-state index in [1.807, 2.05) is 0 Å². The van der Waals surface area contributed by atoms with Crippen molar-refractivity contribution in [1.82, 2.24) is 0 Å². The first-order valence-corrected chi connectivity index (χ1v) is 8.27. The lowest BCUT2D eigenvalue weighted by molar-refractivity contribution is 0.0696. The molecule has 110 valence electrons. The molecule has 2 aromatic rings. The molecule has 0 aliphatic rings. The highest BCUT2D eigenvalue weighted by Crippen LogP contribution is 2.28. The number of anilines is 1. The topological polar surface area (TPSA) is 83.5 Å². The van der Waals surface area contributed by atoms with Gasteiger partial charge in [-0.2, -0.15) is 0 Å². The Balaban J connectivity index is 2.41. The zero-order valence-corrected chi connectivity index (χ0v) is 13.5. The van der Waals surface area contributed by atoms with E-state index in [0.717, 1.165) is 0 Å². The van der Waals surface area contributed by atoms with Gasteiger partial charge in [0.15, 0.2) is 0 Å². The highest BCUT2D eigenvalue weighted by atomic mass is 79.9. The molecule has 0 heterocycles. The molecule has 5 nitrogen and oxygen atoms in total. The van der Waals surface area contributed by atoms with Crippen LogP contribution in [0.2, 0.25) is 5.02 Å². The third kappa shape index (κ3) is 3.55. The molecule has 0 fully saturated rings. The Bertz CT molecular complexity index is 808. The molecule has 0 radical (unpaired) electrons. The van der Waals surface area contributed by atoms with E-state index in [0.29, 0.717) is 0 Å². The van der Waals surface area contributed by atoms with Crippen LogP contribution >= 0.6 is 27.5 Å². The Morgan fingerprint density at radius 1 is 1.19 bits per heavy atom. The average molecular weight is 391 g/mol. The summed E-state index contributed by atoms with van der Waals surface area (Å²) in [5, 5.41) is 9.13. The minimum absolute atomic E-state index is 0.0152. The Hall–Kier alpha value is -1.57. The number of aromatic carboxylic acids is 1. The van der Waals surface area contributed by atoms with Crippen molar-refractivity contribution in [3.63, 3.8) is 0 Å². The average Bonchev–Trinajstić information content (AvgIpc) is 2.40. The summed E-state index contributed by atoms with van der Waals surface area (Å²) in [6.45, 7) is 0. The summed E-state index contributed by atoms with van der Waals surface area (Å²) >= 11 is 8.98. The molecule has 0 spiro atoms. The van der Waals surface area contributed by atoms with Crippen LogP contribution in [-0.4, -0.2) is 19.5 Å². The quantitative estimate of drug-likeness (QED) is 0.835. The monoisotopic (exact) mass is 389 g/mol. The van der Waals surface area contributed by atoms with Crippen LogP contribution in [0.5, 0.6) is 0 Å². The lowest BCUT2D eigenvalue weighted by atomic mass is 10.2. The smallest absolute Gasteiger partial charge is 0.335 e. The molecule has 0 bridgehead atoms. The number of nitrogens with one attached hydrogen (secondary N) is 1. The Labute approximate surface area is 134 Å². The molecule has 0 aliphatic carbocycles. The van der Waals surface area contributed by atoms with Crippen LogP contribution in [-0.2, 0) is 10.0 Å². The van der Waals surface area contributed by atoms with E-state index in [1.165, 1.54) is 24.3 Å². The maximum atomic E-state index is 12.3. The Morgan fingerprint density at radius 3 is 2.43 bits per heavy atom. The third-order valence-corrected chi connectivity index (χ3v) is 5.26. The summed E-state index contributed by atoms with van der Waals surface area (Å²) in [6.07, 6.45) is 0. The maximum Gasteiger partial charge on any atom is 0.335 e. The number of halogens is 2. The van der Waals surface area contributed by atoms with Gasteiger partial charge in [0, 0.05) is 4.47 Å². The highest BCUT2D eigenvalue weighted by Gasteiger charge is 2.20. The third-order valence-electron chi connectivity index (χ3n) is 2.59. The van der Waals surface area contributed by atoms with Crippen molar-refractivity contribution in [2.45, 2.75) is 4.90 Å². The Kier molecular flexibility index (Phi) is 4.55.